The molecule has 0 radical (unpaired) electrons. The third-order valence-electron chi connectivity index (χ3n) is 5.09. The van der Waals surface area contributed by atoms with Crippen LogP contribution in [0.5, 0.6) is 11.5 Å². The summed E-state index contributed by atoms with van der Waals surface area (Å²) in [5, 5.41) is 11.6. The Labute approximate surface area is 190 Å². The zero-order chi connectivity index (χ0) is 23.5. The molecular formula is C26H22N2O5. The quantitative estimate of drug-likeness (QED) is 0.455. The molecule has 4 amide bonds. The molecule has 0 saturated carbocycles. The molecule has 7 heteroatoms. The van der Waals surface area contributed by atoms with E-state index < -0.39 is 17.8 Å². The first kappa shape index (κ1) is 21.8. The Kier molecular flexibility index (Phi) is 5.95. The number of ether oxygens (including phenoxy) is 1. The van der Waals surface area contributed by atoms with Crippen LogP contribution in [0, 0.1) is 13.8 Å². The first-order valence-electron chi connectivity index (χ1n) is 10.3. The first-order chi connectivity index (χ1) is 15.8. The van der Waals surface area contributed by atoms with Crippen molar-refractivity contribution in [1.82, 2.24) is 5.32 Å². The molecule has 2 N–H and O–H groups in total. The number of aromatic hydroxyl groups is 1. The fraction of sp³-hybridized carbons (Fsp3) is 0.115. The average Bonchev–Trinajstić information content (AvgIpc) is 2.76. The van der Waals surface area contributed by atoms with Gasteiger partial charge in [-0.25, -0.2) is 9.69 Å². The Balaban J connectivity index is 1.51. The van der Waals surface area contributed by atoms with Crippen LogP contribution in [0.25, 0.3) is 6.08 Å². The van der Waals surface area contributed by atoms with Crippen LogP contribution in [0.4, 0.5) is 10.5 Å². The second-order valence-electron chi connectivity index (χ2n) is 7.83. The monoisotopic (exact) mass is 442 g/mol. The molecule has 0 aliphatic carbocycles. The summed E-state index contributed by atoms with van der Waals surface area (Å²) in [6.45, 7) is 4.50. The summed E-state index contributed by atoms with van der Waals surface area (Å²) in [4.78, 5) is 38.3. The number of amides is 4. The van der Waals surface area contributed by atoms with Crippen molar-refractivity contribution in [2.75, 3.05) is 4.90 Å². The number of carbonyl (C=O) groups excluding carboxylic acids is 3. The lowest BCUT2D eigenvalue weighted by Gasteiger charge is -2.26. The summed E-state index contributed by atoms with van der Waals surface area (Å²) in [5.41, 5.74) is 4.08. The summed E-state index contributed by atoms with van der Waals surface area (Å²) in [5.74, 6) is -0.869. The van der Waals surface area contributed by atoms with Crippen molar-refractivity contribution in [2.24, 2.45) is 0 Å². The van der Waals surface area contributed by atoms with E-state index in [2.05, 4.69) is 23.5 Å². The molecule has 1 aliphatic rings. The number of rotatable bonds is 5. The number of nitrogens with one attached hydrogen (secondary N) is 1. The summed E-state index contributed by atoms with van der Waals surface area (Å²) in [7, 11) is 0. The van der Waals surface area contributed by atoms with Crippen LogP contribution in [0.15, 0.2) is 72.3 Å². The third-order valence-corrected chi connectivity index (χ3v) is 5.09. The summed E-state index contributed by atoms with van der Waals surface area (Å²) in [6, 6.07) is 17.9. The molecule has 1 saturated heterocycles. The minimum atomic E-state index is -0.844. The maximum absolute atomic E-state index is 12.9. The van der Waals surface area contributed by atoms with E-state index in [4.69, 9.17) is 4.74 Å². The van der Waals surface area contributed by atoms with E-state index >= 15 is 0 Å². The SMILES string of the molecule is Cc1cc(C)cc(COc2ccc(/C=C3\C(=O)NC(=O)N(c4ccc(O)cc4)C3=O)cc2)c1. The molecule has 7 nitrogen and oxygen atoms in total. The van der Waals surface area contributed by atoms with E-state index in [1.807, 2.05) is 13.8 Å². The zero-order valence-corrected chi connectivity index (χ0v) is 18.2. The van der Waals surface area contributed by atoms with Crippen molar-refractivity contribution in [1.29, 1.82) is 0 Å². The smallest absolute Gasteiger partial charge is 0.335 e. The molecule has 3 aromatic carbocycles. The molecule has 0 unspecified atom stereocenters. The van der Waals surface area contributed by atoms with Crippen LogP contribution >= 0.6 is 0 Å². The van der Waals surface area contributed by atoms with Crippen LogP contribution in [-0.4, -0.2) is 23.0 Å². The van der Waals surface area contributed by atoms with E-state index in [1.165, 1.54) is 41.5 Å². The number of anilines is 1. The first-order valence-corrected chi connectivity index (χ1v) is 10.3. The van der Waals surface area contributed by atoms with Crippen molar-refractivity contribution in [2.45, 2.75) is 20.5 Å². The van der Waals surface area contributed by atoms with Crippen molar-refractivity contribution in [3.05, 3.63) is 94.6 Å². The normalized spacial score (nSPS) is 15.0. The maximum Gasteiger partial charge on any atom is 0.335 e. The second kappa shape index (κ2) is 9.00. The molecule has 0 aromatic heterocycles. The standard InChI is InChI=1S/C26H22N2O5/c1-16-11-17(2)13-19(12-16)15-33-22-9-3-18(4-10-22)14-23-24(30)27-26(32)28(25(23)31)20-5-7-21(29)8-6-20/h3-14,29H,15H2,1-2H3,(H,27,30,32)/b23-14+. The van der Waals surface area contributed by atoms with Crippen LogP contribution in [0.2, 0.25) is 0 Å². The molecule has 0 spiro atoms. The van der Waals surface area contributed by atoms with Crippen LogP contribution in [-0.2, 0) is 16.2 Å². The van der Waals surface area contributed by atoms with Gasteiger partial charge in [-0.15, -0.1) is 0 Å². The van der Waals surface area contributed by atoms with Gasteiger partial charge in [-0.2, -0.15) is 0 Å². The fourth-order valence-electron chi connectivity index (χ4n) is 3.64. The number of aryl methyl sites for hydroxylation is 2. The number of phenolic OH excluding ortho intramolecular Hbond substituents is 1. The second-order valence-corrected chi connectivity index (χ2v) is 7.83. The highest BCUT2D eigenvalue weighted by molar-refractivity contribution is 6.39. The lowest BCUT2D eigenvalue weighted by atomic mass is 10.1. The van der Waals surface area contributed by atoms with Gasteiger partial charge in [0.15, 0.2) is 0 Å². The van der Waals surface area contributed by atoms with Crippen LogP contribution in [0.1, 0.15) is 22.3 Å². The molecule has 33 heavy (non-hydrogen) atoms. The van der Waals surface area contributed by atoms with Gasteiger partial charge in [0.2, 0.25) is 0 Å². The lowest BCUT2D eigenvalue weighted by Crippen LogP contribution is -2.54. The molecule has 4 rings (SSSR count). The Bertz CT molecular complexity index is 1240. The molecule has 0 bridgehead atoms. The fourth-order valence-corrected chi connectivity index (χ4v) is 3.64. The predicted molar refractivity (Wildman–Crippen MR) is 124 cm³/mol. The molecule has 0 atom stereocenters. The van der Waals surface area contributed by atoms with Gasteiger partial charge >= 0.3 is 6.03 Å². The third kappa shape index (κ3) is 4.93. The van der Waals surface area contributed by atoms with Gasteiger partial charge in [0.25, 0.3) is 11.8 Å². The van der Waals surface area contributed by atoms with Gasteiger partial charge in [-0.05, 0) is 67.4 Å². The minimum Gasteiger partial charge on any atom is -0.508 e. The number of nitrogens with zero attached hydrogens (tertiary/aromatic N) is 1. The van der Waals surface area contributed by atoms with Gasteiger partial charge < -0.3 is 9.84 Å². The molecule has 1 heterocycles. The van der Waals surface area contributed by atoms with E-state index in [0.29, 0.717) is 17.9 Å². The Hall–Kier alpha value is -4.39. The zero-order valence-electron chi connectivity index (χ0n) is 18.2. The Morgan fingerprint density at radius 2 is 1.55 bits per heavy atom. The highest BCUT2D eigenvalue weighted by Gasteiger charge is 2.36. The van der Waals surface area contributed by atoms with Crippen molar-refractivity contribution >= 4 is 29.6 Å². The van der Waals surface area contributed by atoms with Crippen molar-refractivity contribution < 1.29 is 24.2 Å². The molecule has 1 fully saturated rings. The molecule has 1 aliphatic heterocycles. The van der Waals surface area contributed by atoms with Gasteiger partial charge in [0, 0.05) is 0 Å². The number of hydrogen-bond donors (Lipinski definition) is 2. The van der Waals surface area contributed by atoms with Gasteiger partial charge in [0.05, 0.1) is 5.69 Å². The van der Waals surface area contributed by atoms with E-state index in [9.17, 15) is 19.5 Å². The predicted octanol–water partition coefficient (Wildman–Crippen LogP) is 4.25. The molecular weight excluding hydrogens is 420 g/mol. The lowest BCUT2D eigenvalue weighted by molar-refractivity contribution is -0.122. The maximum atomic E-state index is 12.9. The summed E-state index contributed by atoms with van der Waals surface area (Å²) in [6.07, 6.45) is 1.42. The summed E-state index contributed by atoms with van der Waals surface area (Å²) >= 11 is 0. The van der Waals surface area contributed by atoms with Gasteiger partial charge in [-0.1, -0.05) is 41.5 Å². The topological polar surface area (TPSA) is 95.9 Å². The molecule has 3 aromatic rings. The van der Waals surface area contributed by atoms with Crippen LogP contribution < -0.4 is 15.0 Å². The average molecular weight is 442 g/mol. The van der Waals surface area contributed by atoms with Crippen LogP contribution in [0.3, 0.4) is 0 Å². The van der Waals surface area contributed by atoms with E-state index in [1.54, 1.807) is 24.3 Å². The number of barbiturate groups is 1. The number of benzene rings is 3. The van der Waals surface area contributed by atoms with E-state index in [-0.39, 0.29) is 17.0 Å². The van der Waals surface area contributed by atoms with Crippen molar-refractivity contribution in [3.63, 3.8) is 0 Å². The highest BCUT2D eigenvalue weighted by Crippen LogP contribution is 2.24. The van der Waals surface area contributed by atoms with Gasteiger partial charge in [0.1, 0.15) is 23.7 Å². The largest absolute Gasteiger partial charge is 0.508 e. The van der Waals surface area contributed by atoms with Crippen molar-refractivity contribution in [3.8, 4) is 11.5 Å². The highest BCUT2D eigenvalue weighted by atomic mass is 16.5. The Morgan fingerprint density at radius 1 is 0.909 bits per heavy atom. The van der Waals surface area contributed by atoms with E-state index in [0.717, 1.165) is 10.5 Å². The number of carbonyl (C=O) groups is 3. The van der Waals surface area contributed by atoms with Gasteiger partial charge in [-0.3, -0.25) is 14.9 Å². The Morgan fingerprint density at radius 3 is 2.18 bits per heavy atom. The number of phenols is 1. The summed E-state index contributed by atoms with van der Waals surface area (Å²) < 4.78 is 5.85. The molecule has 166 valence electrons. The number of imide groups is 2. The minimum absolute atomic E-state index is 0.00435. The number of hydrogen-bond acceptors (Lipinski definition) is 5. The number of urea groups is 1.